The molecule has 1 aliphatic carbocycles. The lowest BCUT2D eigenvalue weighted by molar-refractivity contribution is 0.0215. The number of carbonyl (C=O) groups excluding carboxylic acids is 1. The summed E-state index contributed by atoms with van der Waals surface area (Å²) in [7, 11) is 1.65. The highest BCUT2D eigenvalue weighted by Crippen LogP contribution is 2.31. The summed E-state index contributed by atoms with van der Waals surface area (Å²) < 4.78 is 10.8. The van der Waals surface area contributed by atoms with Gasteiger partial charge in [-0.15, -0.1) is 0 Å². The van der Waals surface area contributed by atoms with E-state index in [1.807, 2.05) is 49.9 Å². The summed E-state index contributed by atoms with van der Waals surface area (Å²) >= 11 is 0. The quantitative estimate of drug-likeness (QED) is 0.844. The van der Waals surface area contributed by atoms with Crippen LogP contribution in [0.3, 0.4) is 0 Å². The van der Waals surface area contributed by atoms with Gasteiger partial charge in [-0.25, -0.2) is 4.79 Å². The largest absolute Gasteiger partial charge is 0.496 e. The highest BCUT2D eigenvalue weighted by atomic mass is 16.6. The van der Waals surface area contributed by atoms with Crippen LogP contribution in [0.5, 0.6) is 5.75 Å². The third-order valence-electron chi connectivity index (χ3n) is 3.15. The van der Waals surface area contributed by atoms with E-state index in [0.29, 0.717) is 12.6 Å². The van der Waals surface area contributed by atoms with Gasteiger partial charge in [-0.05, 0) is 39.7 Å². The molecule has 2 rings (SSSR count). The number of hydrogen-bond donors (Lipinski definition) is 0. The molecule has 110 valence electrons. The summed E-state index contributed by atoms with van der Waals surface area (Å²) in [6, 6.07) is 8.08. The molecular formula is C16H23NO3. The standard InChI is InChI=1S/C16H23NO3/c1-16(2,3)20-15(18)17(13-9-10-13)11-12-7-5-6-8-14(12)19-4/h5-8,13H,9-11H2,1-4H3. The minimum Gasteiger partial charge on any atom is -0.496 e. The topological polar surface area (TPSA) is 38.8 Å². The van der Waals surface area contributed by atoms with Crippen molar-refractivity contribution in [2.45, 2.75) is 51.8 Å². The molecule has 0 unspecified atom stereocenters. The molecule has 0 heterocycles. The number of carbonyl (C=O) groups is 1. The third kappa shape index (κ3) is 3.89. The van der Waals surface area contributed by atoms with Gasteiger partial charge < -0.3 is 14.4 Å². The van der Waals surface area contributed by atoms with Crippen LogP contribution < -0.4 is 4.74 Å². The van der Waals surface area contributed by atoms with Gasteiger partial charge in [-0.3, -0.25) is 0 Å². The molecule has 0 atom stereocenters. The Morgan fingerprint density at radius 1 is 1.30 bits per heavy atom. The van der Waals surface area contributed by atoms with Crippen LogP contribution >= 0.6 is 0 Å². The number of benzene rings is 1. The lowest BCUT2D eigenvalue weighted by atomic mass is 10.2. The van der Waals surface area contributed by atoms with Crippen LogP contribution in [0.1, 0.15) is 39.2 Å². The molecule has 4 nitrogen and oxygen atoms in total. The van der Waals surface area contributed by atoms with Gasteiger partial charge in [0.05, 0.1) is 13.7 Å². The van der Waals surface area contributed by atoms with Crippen molar-refractivity contribution in [3.8, 4) is 5.75 Å². The predicted octanol–water partition coefficient (Wildman–Crippen LogP) is 3.59. The Kier molecular flexibility index (Phi) is 4.21. The zero-order valence-corrected chi connectivity index (χ0v) is 12.7. The monoisotopic (exact) mass is 277 g/mol. The minimum atomic E-state index is -0.467. The number of hydrogen-bond acceptors (Lipinski definition) is 3. The predicted molar refractivity (Wildman–Crippen MR) is 77.8 cm³/mol. The summed E-state index contributed by atoms with van der Waals surface area (Å²) in [6.45, 7) is 6.20. The normalized spacial score (nSPS) is 14.8. The van der Waals surface area contributed by atoms with E-state index in [-0.39, 0.29) is 6.09 Å². The van der Waals surface area contributed by atoms with Gasteiger partial charge in [0.2, 0.25) is 0 Å². The summed E-state index contributed by atoms with van der Waals surface area (Å²) in [4.78, 5) is 14.1. The van der Waals surface area contributed by atoms with Gasteiger partial charge >= 0.3 is 6.09 Å². The van der Waals surface area contributed by atoms with E-state index in [1.54, 1.807) is 7.11 Å². The van der Waals surface area contributed by atoms with Crippen molar-refractivity contribution in [1.82, 2.24) is 4.90 Å². The number of rotatable bonds is 4. The van der Waals surface area contributed by atoms with E-state index in [9.17, 15) is 4.79 Å². The smallest absolute Gasteiger partial charge is 0.410 e. The maximum atomic E-state index is 12.3. The van der Waals surface area contributed by atoms with Crippen molar-refractivity contribution in [1.29, 1.82) is 0 Å². The van der Waals surface area contributed by atoms with Crippen molar-refractivity contribution < 1.29 is 14.3 Å². The van der Waals surface area contributed by atoms with Crippen molar-refractivity contribution in [3.63, 3.8) is 0 Å². The second kappa shape index (κ2) is 5.73. The number of para-hydroxylation sites is 1. The second-order valence-corrected chi connectivity index (χ2v) is 6.15. The number of ether oxygens (including phenoxy) is 2. The zero-order valence-electron chi connectivity index (χ0n) is 12.7. The molecule has 1 saturated carbocycles. The Balaban J connectivity index is 2.12. The molecular weight excluding hydrogens is 254 g/mol. The summed E-state index contributed by atoms with van der Waals surface area (Å²) in [5.41, 5.74) is 0.540. The van der Waals surface area contributed by atoms with Gasteiger partial charge in [0.1, 0.15) is 11.4 Å². The Labute approximate surface area is 120 Å². The molecule has 1 fully saturated rings. The summed E-state index contributed by atoms with van der Waals surface area (Å²) in [5.74, 6) is 0.807. The van der Waals surface area contributed by atoms with E-state index in [0.717, 1.165) is 24.2 Å². The molecule has 1 aromatic rings. The maximum absolute atomic E-state index is 12.3. The first-order chi connectivity index (χ1) is 9.40. The minimum absolute atomic E-state index is 0.245. The first-order valence-electron chi connectivity index (χ1n) is 7.02. The molecule has 1 aromatic carbocycles. The van der Waals surface area contributed by atoms with Crippen LogP contribution in [0.4, 0.5) is 4.79 Å². The van der Waals surface area contributed by atoms with Crippen LogP contribution in [-0.2, 0) is 11.3 Å². The average molecular weight is 277 g/mol. The second-order valence-electron chi connectivity index (χ2n) is 6.15. The first-order valence-corrected chi connectivity index (χ1v) is 7.02. The highest BCUT2D eigenvalue weighted by molar-refractivity contribution is 5.69. The fourth-order valence-electron chi connectivity index (χ4n) is 2.07. The van der Waals surface area contributed by atoms with Crippen LogP contribution in [0.25, 0.3) is 0 Å². The fourth-order valence-corrected chi connectivity index (χ4v) is 2.07. The average Bonchev–Trinajstić information content (AvgIpc) is 3.18. The molecule has 0 aromatic heterocycles. The molecule has 1 aliphatic rings. The molecule has 4 heteroatoms. The van der Waals surface area contributed by atoms with E-state index in [2.05, 4.69) is 0 Å². The fraction of sp³-hybridized carbons (Fsp3) is 0.562. The van der Waals surface area contributed by atoms with Crippen molar-refractivity contribution in [2.24, 2.45) is 0 Å². The Hall–Kier alpha value is -1.71. The van der Waals surface area contributed by atoms with Crippen LogP contribution in [0.15, 0.2) is 24.3 Å². The van der Waals surface area contributed by atoms with Crippen LogP contribution in [-0.4, -0.2) is 29.7 Å². The van der Waals surface area contributed by atoms with Crippen LogP contribution in [0, 0.1) is 0 Å². The number of methoxy groups -OCH3 is 1. The van der Waals surface area contributed by atoms with Gasteiger partial charge in [0, 0.05) is 11.6 Å². The van der Waals surface area contributed by atoms with Crippen LogP contribution in [0.2, 0.25) is 0 Å². The zero-order chi connectivity index (χ0) is 14.8. The van der Waals surface area contributed by atoms with Gasteiger partial charge in [0.25, 0.3) is 0 Å². The van der Waals surface area contributed by atoms with E-state index < -0.39 is 5.60 Å². The lowest BCUT2D eigenvalue weighted by Crippen LogP contribution is -2.37. The molecule has 0 radical (unpaired) electrons. The Morgan fingerprint density at radius 3 is 2.50 bits per heavy atom. The highest BCUT2D eigenvalue weighted by Gasteiger charge is 2.35. The number of nitrogens with zero attached hydrogens (tertiary/aromatic N) is 1. The molecule has 0 bridgehead atoms. The van der Waals surface area contributed by atoms with Gasteiger partial charge in [0.15, 0.2) is 0 Å². The molecule has 0 aliphatic heterocycles. The van der Waals surface area contributed by atoms with Gasteiger partial charge in [-0.2, -0.15) is 0 Å². The van der Waals surface area contributed by atoms with Crippen molar-refractivity contribution in [3.05, 3.63) is 29.8 Å². The third-order valence-corrected chi connectivity index (χ3v) is 3.15. The molecule has 1 amide bonds. The molecule has 0 saturated heterocycles. The SMILES string of the molecule is COc1ccccc1CN(C(=O)OC(C)(C)C)C1CC1. The summed E-state index contributed by atoms with van der Waals surface area (Å²) in [5, 5.41) is 0. The summed E-state index contributed by atoms with van der Waals surface area (Å²) in [6.07, 6.45) is 1.86. The Morgan fingerprint density at radius 2 is 1.95 bits per heavy atom. The first kappa shape index (κ1) is 14.7. The number of amides is 1. The van der Waals surface area contributed by atoms with E-state index in [1.165, 1.54) is 0 Å². The van der Waals surface area contributed by atoms with Crippen molar-refractivity contribution in [2.75, 3.05) is 7.11 Å². The van der Waals surface area contributed by atoms with E-state index in [4.69, 9.17) is 9.47 Å². The lowest BCUT2D eigenvalue weighted by Gasteiger charge is -2.27. The molecule has 0 spiro atoms. The molecule has 20 heavy (non-hydrogen) atoms. The van der Waals surface area contributed by atoms with Gasteiger partial charge in [-0.1, -0.05) is 18.2 Å². The van der Waals surface area contributed by atoms with Crippen molar-refractivity contribution >= 4 is 6.09 Å². The van der Waals surface area contributed by atoms with E-state index >= 15 is 0 Å². The maximum Gasteiger partial charge on any atom is 0.410 e. The molecule has 0 N–H and O–H groups in total. The Bertz CT molecular complexity index is 475.